The van der Waals surface area contributed by atoms with Crippen LogP contribution in [0.5, 0.6) is 0 Å². The standard InChI is InChI=1S/C24H23N5O/c30-24(28-13-11-20-16-25-26-21(20)12-14-28)17-29-23(19-9-5-2-6-10-19)15-22(27-29)18-7-3-1-4-8-18/h1-10,15-16H,11-14,17H2,(H,25,26). The van der Waals surface area contributed by atoms with E-state index in [1.807, 2.05) is 64.3 Å². The van der Waals surface area contributed by atoms with Gasteiger partial charge in [0.15, 0.2) is 0 Å². The van der Waals surface area contributed by atoms with Gasteiger partial charge in [0.1, 0.15) is 6.54 Å². The SMILES string of the molecule is O=C(Cn1nc(-c2ccccc2)cc1-c1ccccc1)N1CCc2cn[nH]c2CC1. The number of aromatic amines is 1. The molecule has 0 fully saturated rings. The molecule has 1 N–H and O–H groups in total. The zero-order valence-electron chi connectivity index (χ0n) is 16.7. The first-order valence-electron chi connectivity index (χ1n) is 10.3. The van der Waals surface area contributed by atoms with Crippen molar-refractivity contribution in [1.29, 1.82) is 0 Å². The minimum absolute atomic E-state index is 0.0907. The Bertz CT molecular complexity index is 1120. The highest BCUT2D eigenvalue weighted by atomic mass is 16.2. The second-order valence-corrected chi connectivity index (χ2v) is 7.56. The van der Waals surface area contributed by atoms with Crippen LogP contribution in [0.3, 0.4) is 0 Å². The number of carbonyl (C=O) groups is 1. The van der Waals surface area contributed by atoms with Crippen LogP contribution < -0.4 is 0 Å². The largest absolute Gasteiger partial charge is 0.340 e. The molecule has 6 nitrogen and oxygen atoms in total. The zero-order valence-corrected chi connectivity index (χ0v) is 16.7. The van der Waals surface area contributed by atoms with E-state index in [0.717, 1.165) is 41.1 Å². The van der Waals surface area contributed by atoms with E-state index in [9.17, 15) is 4.79 Å². The molecule has 4 aromatic rings. The normalized spacial score (nSPS) is 13.7. The molecule has 1 amide bonds. The number of nitrogens with one attached hydrogen (secondary N) is 1. The van der Waals surface area contributed by atoms with E-state index in [1.165, 1.54) is 5.56 Å². The van der Waals surface area contributed by atoms with Gasteiger partial charge < -0.3 is 4.90 Å². The van der Waals surface area contributed by atoms with Crippen LogP contribution in [-0.4, -0.2) is 43.9 Å². The molecule has 2 aromatic carbocycles. The third kappa shape index (κ3) is 3.64. The fraction of sp³-hybridized carbons (Fsp3) is 0.208. The quantitative estimate of drug-likeness (QED) is 0.573. The number of hydrogen-bond donors (Lipinski definition) is 1. The van der Waals surface area contributed by atoms with Crippen molar-refractivity contribution >= 4 is 5.91 Å². The predicted octanol–water partition coefficient (Wildman–Crippen LogP) is 3.57. The van der Waals surface area contributed by atoms with Gasteiger partial charge in [0.2, 0.25) is 5.91 Å². The lowest BCUT2D eigenvalue weighted by atomic mass is 10.1. The lowest BCUT2D eigenvalue weighted by Gasteiger charge is -2.21. The summed E-state index contributed by atoms with van der Waals surface area (Å²) in [7, 11) is 0. The number of rotatable bonds is 4. The molecule has 1 aliphatic heterocycles. The summed E-state index contributed by atoms with van der Waals surface area (Å²) in [5, 5.41) is 12.0. The second kappa shape index (κ2) is 7.99. The number of aromatic nitrogens is 4. The number of carbonyl (C=O) groups excluding carboxylic acids is 1. The molecule has 6 heteroatoms. The first-order chi connectivity index (χ1) is 14.8. The van der Waals surface area contributed by atoms with Crippen LogP contribution in [0.2, 0.25) is 0 Å². The van der Waals surface area contributed by atoms with Crippen LogP contribution in [0, 0.1) is 0 Å². The Hall–Kier alpha value is -3.67. The summed E-state index contributed by atoms with van der Waals surface area (Å²) in [6.07, 6.45) is 3.51. The van der Waals surface area contributed by atoms with E-state index in [4.69, 9.17) is 5.10 Å². The van der Waals surface area contributed by atoms with E-state index in [-0.39, 0.29) is 12.5 Å². The van der Waals surface area contributed by atoms with Gasteiger partial charge in [-0.15, -0.1) is 0 Å². The molecule has 0 unspecified atom stereocenters. The molecule has 3 heterocycles. The van der Waals surface area contributed by atoms with Crippen LogP contribution >= 0.6 is 0 Å². The molecule has 0 radical (unpaired) electrons. The fourth-order valence-electron chi connectivity index (χ4n) is 3.99. The van der Waals surface area contributed by atoms with Crippen molar-refractivity contribution in [3.05, 3.63) is 84.2 Å². The van der Waals surface area contributed by atoms with Gasteiger partial charge in [-0.3, -0.25) is 14.6 Å². The van der Waals surface area contributed by atoms with Gasteiger partial charge in [0.25, 0.3) is 0 Å². The molecule has 0 saturated heterocycles. The molecule has 150 valence electrons. The first kappa shape index (κ1) is 18.4. The molecule has 1 aliphatic rings. The van der Waals surface area contributed by atoms with Crippen molar-refractivity contribution in [2.45, 2.75) is 19.4 Å². The maximum absolute atomic E-state index is 13.2. The maximum Gasteiger partial charge on any atom is 0.244 e. The molecular weight excluding hydrogens is 374 g/mol. The molecular formula is C24H23N5O. The molecule has 5 rings (SSSR count). The van der Waals surface area contributed by atoms with Crippen LogP contribution in [0.25, 0.3) is 22.5 Å². The van der Waals surface area contributed by atoms with Crippen LogP contribution in [-0.2, 0) is 24.2 Å². The average molecular weight is 397 g/mol. The molecule has 0 atom stereocenters. The summed E-state index contributed by atoms with van der Waals surface area (Å²) >= 11 is 0. The summed E-state index contributed by atoms with van der Waals surface area (Å²) in [6.45, 7) is 1.63. The highest BCUT2D eigenvalue weighted by molar-refractivity contribution is 5.78. The van der Waals surface area contributed by atoms with Crippen LogP contribution in [0.4, 0.5) is 0 Å². The highest BCUT2D eigenvalue weighted by Crippen LogP contribution is 2.26. The average Bonchev–Trinajstić information content (AvgIpc) is 3.37. The highest BCUT2D eigenvalue weighted by Gasteiger charge is 2.21. The molecule has 0 spiro atoms. The summed E-state index contributed by atoms with van der Waals surface area (Å²) < 4.78 is 1.84. The van der Waals surface area contributed by atoms with Gasteiger partial charge in [0, 0.05) is 30.8 Å². The Morgan fingerprint density at radius 2 is 1.63 bits per heavy atom. The number of H-pyrrole nitrogens is 1. The van der Waals surface area contributed by atoms with Gasteiger partial charge in [-0.2, -0.15) is 10.2 Å². The Kier molecular flexibility index (Phi) is 4.89. The molecule has 0 bridgehead atoms. The molecule has 30 heavy (non-hydrogen) atoms. The van der Waals surface area contributed by atoms with Crippen molar-refractivity contribution < 1.29 is 4.79 Å². The molecule has 2 aromatic heterocycles. The third-order valence-corrected chi connectivity index (χ3v) is 5.65. The van der Waals surface area contributed by atoms with E-state index < -0.39 is 0 Å². The Labute approximate surface area is 175 Å². The Morgan fingerprint density at radius 1 is 0.933 bits per heavy atom. The molecule has 0 saturated carbocycles. The van der Waals surface area contributed by atoms with Crippen molar-refractivity contribution in [3.63, 3.8) is 0 Å². The van der Waals surface area contributed by atoms with Crippen molar-refractivity contribution in [2.75, 3.05) is 13.1 Å². The summed E-state index contributed by atoms with van der Waals surface area (Å²) in [5.41, 5.74) is 6.27. The van der Waals surface area contributed by atoms with Crippen molar-refractivity contribution in [1.82, 2.24) is 24.9 Å². The minimum atomic E-state index is 0.0907. The van der Waals surface area contributed by atoms with E-state index in [0.29, 0.717) is 13.1 Å². The smallest absolute Gasteiger partial charge is 0.244 e. The Balaban J connectivity index is 1.42. The number of nitrogens with zero attached hydrogens (tertiary/aromatic N) is 4. The van der Waals surface area contributed by atoms with E-state index >= 15 is 0 Å². The fourth-order valence-corrected chi connectivity index (χ4v) is 3.99. The van der Waals surface area contributed by atoms with Crippen molar-refractivity contribution in [3.8, 4) is 22.5 Å². The number of amides is 1. The van der Waals surface area contributed by atoms with Crippen LogP contribution in [0.15, 0.2) is 72.9 Å². The van der Waals surface area contributed by atoms with Crippen molar-refractivity contribution in [2.24, 2.45) is 0 Å². The summed E-state index contributed by atoms with van der Waals surface area (Å²) in [4.78, 5) is 15.1. The summed E-state index contributed by atoms with van der Waals surface area (Å²) in [5.74, 6) is 0.0907. The zero-order chi connectivity index (χ0) is 20.3. The molecule has 0 aliphatic carbocycles. The van der Waals surface area contributed by atoms with Crippen LogP contribution in [0.1, 0.15) is 11.3 Å². The maximum atomic E-state index is 13.2. The predicted molar refractivity (Wildman–Crippen MR) is 116 cm³/mol. The Morgan fingerprint density at radius 3 is 2.40 bits per heavy atom. The van der Waals surface area contributed by atoms with Gasteiger partial charge >= 0.3 is 0 Å². The van der Waals surface area contributed by atoms with Gasteiger partial charge in [-0.05, 0) is 23.6 Å². The third-order valence-electron chi connectivity index (χ3n) is 5.65. The minimum Gasteiger partial charge on any atom is -0.340 e. The lowest BCUT2D eigenvalue weighted by Crippen LogP contribution is -2.36. The number of hydrogen-bond acceptors (Lipinski definition) is 3. The second-order valence-electron chi connectivity index (χ2n) is 7.56. The van der Waals surface area contributed by atoms with Gasteiger partial charge in [-0.1, -0.05) is 60.7 Å². The number of benzene rings is 2. The van der Waals surface area contributed by atoms with E-state index in [1.54, 1.807) is 0 Å². The monoisotopic (exact) mass is 397 g/mol. The topological polar surface area (TPSA) is 66.8 Å². The number of fused-ring (bicyclic) bond motifs is 1. The van der Waals surface area contributed by atoms with Gasteiger partial charge in [0.05, 0.1) is 17.6 Å². The summed E-state index contributed by atoms with van der Waals surface area (Å²) in [6, 6.07) is 22.3. The first-order valence-corrected chi connectivity index (χ1v) is 10.3. The van der Waals surface area contributed by atoms with E-state index in [2.05, 4.69) is 28.4 Å². The lowest BCUT2D eigenvalue weighted by molar-refractivity contribution is -0.131. The van der Waals surface area contributed by atoms with Gasteiger partial charge in [-0.25, -0.2) is 0 Å².